The van der Waals surface area contributed by atoms with Gasteiger partial charge < -0.3 is 10.6 Å². The summed E-state index contributed by atoms with van der Waals surface area (Å²) in [7, 11) is 0. The molecular formula is C26H33ClFN3O2. The molecule has 2 aliphatic heterocycles. The number of nitrogens with zero attached hydrogens (tertiary/aromatic N) is 1. The Hall–Kier alpha value is -2.44. The second kappa shape index (κ2) is 11.6. The molecule has 2 N–H and O–H groups in total. The molecule has 7 heteroatoms. The lowest BCUT2D eigenvalue weighted by Crippen LogP contribution is -2.54. The highest BCUT2D eigenvalue weighted by atomic mass is 35.5. The van der Waals surface area contributed by atoms with Crippen molar-refractivity contribution in [2.75, 3.05) is 25.0 Å². The number of carbonyl (C=O) groups excluding carboxylic acids is 2. The molecule has 5 nitrogen and oxygen atoms in total. The van der Waals surface area contributed by atoms with Crippen molar-refractivity contribution in [1.82, 2.24) is 10.2 Å². The lowest BCUT2D eigenvalue weighted by atomic mass is 9.70. The van der Waals surface area contributed by atoms with Gasteiger partial charge in [-0.2, -0.15) is 0 Å². The number of ketones is 1. The van der Waals surface area contributed by atoms with Crippen molar-refractivity contribution in [3.8, 4) is 0 Å². The third-order valence-corrected chi connectivity index (χ3v) is 6.86. The summed E-state index contributed by atoms with van der Waals surface area (Å²) in [5.74, 6) is 1.17. The molecule has 178 valence electrons. The number of rotatable bonds is 8. The molecule has 1 saturated carbocycles. The first kappa shape index (κ1) is 25.2. The molecule has 0 aromatic heterocycles. The van der Waals surface area contributed by atoms with E-state index in [9.17, 15) is 14.0 Å². The van der Waals surface area contributed by atoms with E-state index in [1.165, 1.54) is 31.7 Å². The average Bonchev–Trinajstić information content (AvgIpc) is 2.79. The number of benzene rings is 2. The summed E-state index contributed by atoms with van der Waals surface area (Å²) in [6, 6.07) is 14.2. The van der Waals surface area contributed by atoms with Gasteiger partial charge in [0.1, 0.15) is 5.82 Å². The maximum absolute atomic E-state index is 13.2. The van der Waals surface area contributed by atoms with Crippen molar-refractivity contribution >= 4 is 29.9 Å². The second-order valence-electron chi connectivity index (χ2n) is 9.20. The molecule has 2 saturated heterocycles. The van der Waals surface area contributed by atoms with Crippen LogP contribution in [-0.4, -0.2) is 42.4 Å². The van der Waals surface area contributed by atoms with Crippen LogP contribution < -0.4 is 10.6 Å². The van der Waals surface area contributed by atoms with Crippen LogP contribution in [0.25, 0.3) is 0 Å². The first-order valence-electron chi connectivity index (χ1n) is 11.6. The van der Waals surface area contributed by atoms with Gasteiger partial charge in [-0.25, -0.2) is 9.18 Å². The van der Waals surface area contributed by atoms with Crippen molar-refractivity contribution < 1.29 is 14.0 Å². The molecule has 2 heterocycles. The zero-order valence-corrected chi connectivity index (χ0v) is 19.9. The van der Waals surface area contributed by atoms with E-state index >= 15 is 0 Å². The first-order chi connectivity index (χ1) is 15.5. The second-order valence-corrected chi connectivity index (χ2v) is 9.20. The summed E-state index contributed by atoms with van der Waals surface area (Å²) in [6.45, 7) is 4.24. The number of fused-ring (bicyclic) bond motifs is 3. The molecule has 0 spiro atoms. The highest BCUT2D eigenvalue weighted by Crippen LogP contribution is 2.40. The number of Topliss-reactive ketones (excluding diaryl/α,β-unsaturated/α-hetero) is 1. The Balaban J connectivity index is 0.00000306. The Morgan fingerprint density at radius 3 is 2.64 bits per heavy atom. The summed E-state index contributed by atoms with van der Waals surface area (Å²) >= 11 is 0. The molecule has 2 aromatic rings. The highest BCUT2D eigenvalue weighted by Gasteiger charge is 2.40. The molecule has 2 amide bonds. The quantitative estimate of drug-likeness (QED) is 0.403. The number of piperidine rings is 2. The van der Waals surface area contributed by atoms with E-state index in [1.54, 1.807) is 36.4 Å². The van der Waals surface area contributed by atoms with Gasteiger partial charge in [-0.05, 0) is 80.7 Å². The molecule has 2 aromatic carbocycles. The number of hydrogen-bond donors (Lipinski definition) is 2. The number of urea groups is 1. The normalized spacial score (nSPS) is 21.8. The van der Waals surface area contributed by atoms with Crippen LogP contribution in [0.2, 0.25) is 0 Å². The summed E-state index contributed by atoms with van der Waals surface area (Å²) in [6.07, 6.45) is 5.71. The van der Waals surface area contributed by atoms with Crippen LogP contribution in [-0.2, 0) is 6.42 Å². The number of carbonyl (C=O) groups is 2. The van der Waals surface area contributed by atoms with Gasteiger partial charge in [0.2, 0.25) is 0 Å². The molecular weight excluding hydrogens is 441 g/mol. The van der Waals surface area contributed by atoms with E-state index in [2.05, 4.69) is 15.5 Å². The van der Waals surface area contributed by atoms with Gasteiger partial charge >= 0.3 is 6.03 Å². The number of hydrogen-bond acceptors (Lipinski definition) is 3. The predicted octanol–water partition coefficient (Wildman–Crippen LogP) is 5.30. The van der Waals surface area contributed by atoms with E-state index in [1.807, 2.05) is 12.1 Å². The standard InChI is InChI=1S/C26H32FN3O2.ClH/c1-18(31)21-4-2-5-24(16-21)29-26(32)28-12-3-13-30-17-20-8-11-25(30)22(15-20)14-19-6-9-23(27)10-7-19;/h2,4-7,9-10,16,20,22,25H,3,8,11-15,17H2,1H3,(H2,28,29,32);1H/t20-,22-,25+;/m1./s1. The summed E-state index contributed by atoms with van der Waals surface area (Å²) in [4.78, 5) is 26.3. The number of anilines is 1. The van der Waals surface area contributed by atoms with E-state index < -0.39 is 0 Å². The smallest absolute Gasteiger partial charge is 0.319 e. The van der Waals surface area contributed by atoms with Crippen molar-refractivity contribution in [2.24, 2.45) is 11.8 Å². The van der Waals surface area contributed by atoms with Crippen LogP contribution in [0.4, 0.5) is 14.9 Å². The number of halogens is 2. The lowest BCUT2D eigenvalue weighted by Gasteiger charge is -2.50. The third-order valence-electron chi connectivity index (χ3n) is 6.86. The molecule has 1 aliphatic carbocycles. The monoisotopic (exact) mass is 473 g/mol. The van der Waals surface area contributed by atoms with Crippen LogP contribution >= 0.6 is 12.4 Å². The van der Waals surface area contributed by atoms with Gasteiger partial charge in [-0.1, -0.05) is 24.3 Å². The third kappa shape index (κ3) is 6.78. The number of nitrogens with one attached hydrogen (secondary N) is 2. The fourth-order valence-electron chi connectivity index (χ4n) is 5.33. The Morgan fingerprint density at radius 1 is 1.12 bits per heavy atom. The highest BCUT2D eigenvalue weighted by molar-refractivity contribution is 5.96. The Kier molecular flexibility index (Phi) is 8.87. The Labute approximate surface area is 201 Å². The lowest BCUT2D eigenvalue weighted by molar-refractivity contribution is 0.000976. The fraction of sp³-hybridized carbons (Fsp3) is 0.462. The van der Waals surface area contributed by atoms with Gasteiger partial charge in [0.15, 0.2) is 5.78 Å². The van der Waals surface area contributed by atoms with Gasteiger partial charge in [0.05, 0.1) is 0 Å². The summed E-state index contributed by atoms with van der Waals surface area (Å²) in [5, 5.41) is 5.72. The van der Waals surface area contributed by atoms with Gasteiger partial charge in [0.25, 0.3) is 0 Å². The molecule has 0 radical (unpaired) electrons. The van der Waals surface area contributed by atoms with Crippen LogP contribution in [0.15, 0.2) is 48.5 Å². The zero-order valence-electron chi connectivity index (χ0n) is 19.1. The number of amides is 2. The largest absolute Gasteiger partial charge is 0.338 e. The maximum atomic E-state index is 13.2. The van der Waals surface area contributed by atoms with Gasteiger partial charge in [0, 0.05) is 36.9 Å². The summed E-state index contributed by atoms with van der Waals surface area (Å²) in [5.41, 5.74) is 2.42. The van der Waals surface area contributed by atoms with Crippen molar-refractivity contribution in [3.05, 3.63) is 65.5 Å². The van der Waals surface area contributed by atoms with Crippen molar-refractivity contribution in [1.29, 1.82) is 0 Å². The molecule has 3 atom stereocenters. The minimum absolute atomic E-state index is 0. The Morgan fingerprint density at radius 2 is 1.91 bits per heavy atom. The van der Waals surface area contributed by atoms with E-state index in [0.717, 1.165) is 31.8 Å². The minimum Gasteiger partial charge on any atom is -0.338 e. The predicted molar refractivity (Wildman–Crippen MR) is 132 cm³/mol. The SMILES string of the molecule is CC(=O)c1cccc(NC(=O)NCCCN2C[C@@H]3CC[C@H]2[C@H](Cc2ccc(F)cc2)C3)c1.Cl. The topological polar surface area (TPSA) is 61.4 Å². The first-order valence-corrected chi connectivity index (χ1v) is 11.6. The van der Waals surface area contributed by atoms with Crippen molar-refractivity contribution in [3.63, 3.8) is 0 Å². The molecule has 3 fully saturated rings. The molecule has 0 unspecified atom stereocenters. The van der Waals surface area contributed by atoms with E-state index in [0.29, 0.717) is 29.8 Å². The zero-order chi connectivity index (χ0) is 22.5. The van der Waals surface area contributed by atoms with Crippen LogP contribution in [0, 0.1) is 17.7 Å². The Bertz CT molecular complexity index is 953. The van der Waals surface area contributed by atoms with Crippen LogP contribution in [0.3, 0.4) is 0 Å². The van der Waals surface area contributed by atoms with Crippen LogP contribution in [0.5, 0.6) is 0 Å². The average molecular weight is 474 g/mol. The van der Waals surface area contributed by atoms with Crippen molar-refractivity contribution in [2.45, 2.75) is 45.1 Å². The maximum Gasteiger partial charge on any atom is 0.319 e. The fourth-order valence-corrected chi connectivity index (χ4v) is 5.33. The molecule has 2 bridgehead atoms. The molecule has 33 heavy (non-hydrogen) atoms. The molecule has 5 rings (SSSR count). The minimum atomic E-state index is -0.250. The molecule has 3 aliphatic rings. The van der Waals surface area contributed by atoms with Crippen LogP contribution in [0.1, 0.15) is 48.5 Å². The van der Waals surface area contributed by atoms with E-state index in [4.69, 9.17) is 0 Å². The summed E-state index contributed by atoms with van der Waals surface area (Å²) < 4.78 is 13.2. The van der Waals surface area contributed by atoms with Gasteiger partial charge in [-0.3, -0.25) is 9.69 Å². The van der Waals surface area contributed by atoms with Gasteiger partial charge in [-0.15, -0.1) is 12.4 Å². The van der Waals surface area contributed by atoms with E-state index in [-0.39, 0.29) is 30.0 Å².